The van der Waals surface area contributed by atoms with Crippen molar-refractivity contribution in [2.24, 2.45) is 11.7 Å². The van der Waals surface area contributed by atoms with Crippen LogP contribution in [0.5, 0.6) is 0 Å². The summed E-state index contributed by atoms with van der Waals surface area (Å²) in [6.45, 7) is 10.7. The van der Waals surface area contributed by atoms with Gasteiger partial charge in [-0.15, -0.1) is 0 Å². The van der Waals surface area contributed by atoms with Gasteiger partial charge in [-0.1, -0.05) is 19.8 Å². The van der Waals surface area contributed by atoms with Crippen LogP contribution >= 0.6 is 0 Å². The highest BCUT2D eigenvalue weighted by molar-refractivity contribution is 5.80. The van der Waals surface area contributed by atoms with E-state index in [1.54, 1.807) is 6.92 Å². The van der Waals surface area contributed by atoms with Crippen LogP contribution in [-0.2, 0) is 9.53 Å². The minimum absolute atomic E-state index is 0.285. The summed E-state index contributed by atoms with van der Waals surface area (Å²) in [7, 11) is 0. The molecule has 0 saturated carbocycles. The normalized spacial score (nSPS) is 22.2. The molecular weight excluding hydrogens is 252 g/mol. The van der Waals surface area contributed by atoms with Crippen molar-refractivity contribution in [3.05, 3.63) is 0 Å². The zero-order chi connectivity index (χ0) is 15.2. The van der Waals surface area contributed by atoms with Gasteiger partial charge in [-0.2, -0.15) is 0 Å². The van der Waals surface area contributed by atoms with E-state index in [2.05, 4.69) is 18.7 Å². The molecule has 0 aromatic heterocycles. The lowest BCUT2D eigenvalue weighted by Gasteiger charge is -2.38. The fraction of sp³-hybridized carbons (Fsp3) is 0.938. The molecule has 0 aromatic carbocycles. The Morgan fingerprint density at radius 1 is 1.40 bits per heavy atom. The second-order valence-electron chi connectivity index (χ2n) is 6.46. The number of esters is 1. The van der Waals surface area contributed by atoms with Gasteiger partial charge >= 0.3 is 5.97 Å². The molecule has 2 unspecified atom stereocenters. The molecule has 1 saturated heterocycles. The summed E-state index contributed by atoms with van der Waals surface area (Å²) in [6.07, 6.45) is 5.84. The number of ether oxygens (including phenoxy) is 1. The van der Waals surface area contributed by atoms with Gasteiger partial charge in [-0.05, 0) is 59.0 Å². The Morgan fingerprint density at radius 2 is 2.00 bits per heavy atom. The monoisotopic (exact) mass is 284 g/mol. The minimum Gasteiger partial charge on any atom is -0.465 e. The van der Waals surface area contributed by atoms with E-state index < -0.39 is 5.54 Å². The van der Waals surface area contributed by atoms with Crippen LogP contribution in [-0.4, -0.2) is 42.1 Å². The number of hydrogen-bond donors (Lipinski definition) is 1. The van der Waals surface area contributed by atoms with E-state index in [4.69, 9.17) is 10.5 Å². The Hall–Kier alpha value is -0.610. The van der Waals surface area contributed by atoms with Gasteiger partial charge in [-0.3, -0.25) is 4.79 Å². The molecule has 2 atom stereocenters. The SMILES string of the molecule is CCCC1CCN(C(C)CC(C)(N)C(=O)OCC)CC1. The first-order chi connectivity index (χ1) is 9.40. The van der Waals surface area contributed by atoms with Gasteiger partial charge in [0.05, 0.1) is 6.61 Å². The maximum absolute atomic E-state index is 11.9. The molecule has 1 rings (SSSR count). The second-order valence-corrected chi connectivity index (χ2v) is 6.46. The predicted molar refractivity (Wildman–Crippen MR) is 82.5 cm³/mol. The highest BCUT2D eigenvalue weighted by atomic mass is 16.5. The van der Waals surface area contributed by atoms with E-state index in [9.17, 15) is 4.79 Å². The first-order valence-corrected chi connectivity index (χ1v) is 8.10. The summed E-state index contributed by atoms with van der Waals surface area (Å²) in [5.41, 5.74) is 5.25. The third-order valence-corrected chi connectivity index (χ3v) is 4.43. The Morgan fingerprint density at radius 3 is 2.50 bits per heavy atom. The largest absolute Gasteiger partial charge is 0.465 e. The van der Waals surface area contributed by atoms with Gasteiger partial charge in [0.2, 0.25) is 0 Å². The van der Waals surface area contributed by atoms with E-state index in [-0.39, 0.29) is 5.97 Å². The fourth-order valence-electron chi connectivity index (χ4n) is 3.21. The lowest BCUT2D eigenvalue weighted by molar-refractivity contribution is -0.149. The summed E-state index contributed by atoms with van der Waals surface area (Å²) in [5, 5.41) is 0. The minimum atomic E-state index is -0.879. The van der Waals surface area contributed by atoms with Crippen molar-refractivity contribution >= 4 is 5.97 Å². The second kappa shape index (κ2) is 7.99. The number of likely N-dealkylation sites (tertiary alicyclic amines) is 1. The Kier molecular flexibility index (Phi) is 6.96. The molecule has 0 aromatic rings. The third-order valence-electron chi connectivity index (χ3n) is 4.43. The van der Waals surface area contributed by atoms with Crippen molar-refractivity contribution in [3.8, 4) is 0 Å². The molecule has 0 aliphatic carbocycles. The van der Waals surface area contributed by atoms with Crippen molar-refractivity contribution in [1.82, 2.24) is 4.90 Å². The molecule has 0 amide bonds. The zero-order valence-electron chi connectivity index (χ0n) is 13.7. The topological polar surface area (TPSA) is 55.6 Å². The Bertz CT molecular complexity index is 297. The van der Waals surface area contributed by atoms with Gasteiger partial charge in [0.1, 0.15) is 5.54 Å². The number of piperidine rings is 1. The molecule has 0 radical (unpaired) electrons. The fourth-order valence-corrected chi connectivity index (χ4v) is 3.21. The molecule has 1 aliphatic heterocycles. The van der Waals surface area contributed by atoms with E-state index in [1.165, 1.54) is 25.7 Å². The number of nitrogens with two attached hydrogens (primary N) is 1. The molecule has 4 heteroatoms. The molecule has 1 aliphatic rings. The average molecular weight is 284 g/mol. The van der Waals surface area contributed by atoms with Gasteiger partial charge in [-0.25, -0.2) is 0 Å². The van der Waals surface area contributed by atoms with Crippen LogP contribution in [0.15, 0.2) is 0 Å². The Labute approximate surface area is 124 Å². The number of carbonyl (C=O) groups is 1. The molecule has 20 heavy (non-hydrogen) atoms. The molecule has 1 fully saturated rings. The summed E-state index contributed by atoms with van der Waals surface area (Å²) in [6, 6.07) is 0.331. The van der Waals surface area contributed by atoms with Gasteiger partial charge in [0, 0.05) is 6.04 Å². The van der Waals surface area contributed by atoms with Gasteiger partial charge in [0.25, 0.3) is 0 Å². The van der Waals surface area contributed by atoms with Crippen LogP contribution in [0.25, 0.3) is 0 Å². The standard InChI is InChI=1S/C16H32N2O2/c1-5-7-14-8-10-18(11-9-14)13(3)12-16(4,17)15(19)20-6-2/h13-14H,5-12,17H2,1-4H3. The van der Waals surface area contributed by atoms with Crippen molar-refractivity contribution in [1.29, 1.82) is 0 Å². The first-order valence-electron chi connectivity index (χ1n) is 8.10. The summed E-state index contributed by atoms with van der Waals surface area (Å²) < 4.78 is 5.06. The highest BCUT2D eigenvalue weighted by Gasteiger charge is 2.34. The smallest absolute Gasteiger partial charge is 0.325 e. The van der Waals surface area contributed by atoms with Crippen LogP contribution in [0.3, 0.4) is 0 Å². The van der Waals surface area contributed by atoms with E-state index >= 15 is 0 Å². The predicted octanol–water partition coefficient (Wildman–Crippen LogP) is 2.56. The maximum Gasteiger partial charge on any atom is 0.325 e. The highest BCUT2D eigenvalue weighted by Crippen LogP contribution is 2.25. The van der Waals surface area contributed by atoms with Crippen molar-refractivity contribution in [2.45, 2.75) is 71.4 Å². The lowest BCUT2D eigenvalue weighted by Crippen LogP contribution is -2.52. The molecule has 118 valence electrons. The summed E-state index contributed by atoms with van der Waals surface area (Å²) in [4.78, 5) is 14.3. The summed E-state index contributed by atoms with van der Waals surface area (Å²) in [5.74, 6) is 0.602. The average Bonchev–Trinajstić information content (AvgIpc) is 2.39. The first kappa shape index (κ1) is 17.4. The van der Waals surface area contributed by atoms with Crippen molar-refractivity contribution in [3.63, 3.8) is 0 Å². The zero-order valence-corrected chi connectivity index (χ0v) is 13.7. The van der Waals surface area contributed by atoms with Crippen LogP contribution in [0.4, 0.5) is 0 Å². The van der Waals surface area contributed by atoms with E-state index in [0.29, 0.717) is 19.1 Å². The molecule has 1 heterocycles. The lowest BCUT2D eigenvalue weighted by atomic mass is 9.89. The van der Waals surface area contributed by atoms with Crippen LogP contribution in [0.2, 0.25) is 0 Å². The quantitative estimate of drug-likeness (QED) is 0.730. The molecule has 4 nitrogen and oxygen atoms in total. The van der Waals surface area contributed by atoms with Crippen LogP contribution in [0, 0.1) is 5.92 Å². The van der Waals surface area contributed by atoms with Gasteiger partial charge in [0.15, 0.2) is 0 Å². The molecular formula is C16H32N2O2. The molecule has 2 N–H and O–H groups in total. The number of nitrogens with zero attached hydrogens (tertiary/aromatic N) is 1. The number of rotatable bonds is 7. The van der Waals surface area contributed by atoms with Gasteiger partial charge < -0.3 is 15.4 Å². The number of hydrogen-bond acceptors (Lipinski definition) is 4. The summed E-state index contributed by atoms with van der Waals surface area (Å²) >= 11 is 0. The molecule has 0 spiro atoms. The van der Waals surface area contributed by atoms with E-state index in [0.717, 1.165) is 19.0 Å². The van der Waals surface area contributed by atoms with E-state index in [1.807, 2.05) is 6.92 Å². The van der Waals surface area contributed by atoms with Crippen molar-refractivity contribution < 1.29 is 9.53 Å². The van der Waals surface area contributed by atoms with Crippen molar-refractivity contribution in [2.75, 3.05) is 19.7 Å². The number of carbonyl (C=O) groups excluding carboxylic acids is 1. The Balaban J connectivity index is 2.43. The molecule has 0 bridgehead atoms. The third kappa shape index (κ3) is 5.06. The van der Waals surface area contributed by atoms with Crippen LogP contribution in [0.1, 0.15) is 59.8 Å². The maximum atomic E-state index is 11.9. The van der Waals surface area contributed by atoms with Crippen LogP contribution < -0.4 is 5.73 Å².